The van der Waals surface area contributed by atoms with E-state index < -0.39 is 10.0 Å². The zero-order chi connectivity index (χ0) is 12.5. The van der Waals surface area contributed by atoms with Gasteiger partial charge in [-0.2, -0.15) is 0 Å². The SMILES string of the molecule is Cc1csc(NS(=O)(=O)c2cccc(N)c2)n1. The molecule has 0 aliphatic heterocycles. The van der Waals surface area contributed by atoms with E-state index >= 15 is 0 Å². The largest absolute Gasteiger partial charge is 0.399 e. The van der Waals surface area contributed by atoms with Crippen molar-refractivity contribution in [2.75, 3.05) is 10.5 Å². The maximum absolute atomic E-state index is 12.0. The van der Waals surface area contributed by atoms with E-state index in [1.807, 2.05) is 0 Å². The molecule has 1 aromatic carbocycles. The average molecular weight is 269 g/mol. The van der Waals surface area contributed by atoms with Crippen LogP contribution in [-0.2, 0) is 10.0 Å². The summed E-state index contributed by atoms with van der Waals surface area (Å²) in [5.74, 6) is 0. The molecule has 0 unspecified atom stereocenters. The molecule has 0 amide bonds. The van der Waals surface area contributed by atoms with Gasteiger partial charge in [0, 0.05) is 11.1 Å². The lowest BCUT2D eigenvalue weighted by molar-refractivity contribution is 0.601. The predicted octanol–water partition coefficient (Wildman–Crippen LogP) is 1.83. The van der Waals surface area contributed by atoms with E-state index in [1.54, 1.807) is 24.4 Å². The zero-order valence-electron chi connectivity index (χ0n) is 9.04. The van der Waals surface area contributed by atoms with Gasteiger partial charge in [0.2, 0.25) is 0 Å². The van der Waals surface area contributed by atoms with Gasteiger partial charge in [0.1, 0.15) is 0 Å². The van der Waals surface area contributed by atoms with E-state index in [1.165, 1.54) is 23.5 Å². The fourth-order valence-corrected chi connectivity index (χ4v) is 3.25. The van der Waals surface area contributed by atoms with Crippen LogP contribution in [0.3, 0.4) is 0 Å². The lowest BCUT2D eigenvalue weighted by atomic mass is 10.3. The van der Waals surface area contributed by atoms with Crippen molar-refractivity contribution in [1.82, 2.24) is 4.98 Å². The van der Waals surface area contributed by atoms with Crippen LogP contribution in [0.25, 0.3) is 0 Å². The minimum Gasteiger partial charge on any atom is -0.399 e. The Hall–Kier alpha value is -1.60. The fourth-order valence-electron chi connectivity index (χ4n) is 1.26. The molecule has 17 heavy (non-hydrogen) atoms. The number of anilines is 2. The topological polar surface area (TPSA) is 85.1 Å². The van der Waals surface area contributed by atoms with Crippen molar-refractivity contribution in [3.63, 3.8) is 0 Å². The molecule has 2 aromatic rings. The number of nitrogens with zero attached hydrogens (tertiary/aromatic N) is 1. The molecule has 2 rings (SSSR count). The maximum atomic E-state index is 12.0. The van der Waals surface area contributed by atoms with Crippen molar-refractivity contribution in [3.05, 3.63) is 35.3 Å². The summed E-state index contributed by atoms with van der Waals surface area (Å²) in [6.07, 6.45) is 0. The van der Waals surface area contributed by atoms with Crippen LogP contribution in [0.5, 0.6) is 0 Å². The minimum atomic E-state index is -3.60. The highest BCUT2D eigenvalue weighted by molar-refractivity contribution is 7.93. The third kappa shape index (κ3) is 2.75. The van der Waals surface area contributed by atoms with E-state index in [4.69, 9.17) is 5.73 Å². The summed E-state index contributed by atoms with van der Waals surface area (Å²) in [5.41, 5.74) is 6.73. The van der Waals surface area contributed by atoms with Gasteiger partial charge in [-0.1, -0.05) is 6.07 Å². The Morgan fingerprint density at radius 1 is 1.41 bits per heavy atom. The van der Waals surface area contributed by atoms with Gasteiger partial charge in [-0.05, 0) is 25.1 Å². The molecular formula is C10H11N3O2S2. The van der Waals surface area contributed by atoms with Crippen LogP contribution in [-0.4, -0.2) is 13.4 Å². The van der Waals surface area contributed by atoms with Gasteiger partial charge in [0.05, 0.1) is 10.6 Å². The van der Waals surface area contributed by atoms with Crippen LogP contribution in [0, 0.1) is 6.92 Å². The number of sulfonamides is 1. The average Bonchev–Trinajstić information content (AvgIpc) is 2.63. The third-order valence-electron chi connectivity index (χ3n) is 2.01. The summed E-state index contributed by atoms with van der Waals surface area (Å²) < 4.78 is 26.3. The number of nitrogen functional groups attached to an aromatic ring is 1. The number of hydrogen-bond acceptors (Lipinski definition) is 5. The normalized spacial score (nSPS) is 11.4. The number of benzene rings is 1. The van der Waals surface area contributed by atoms with Crippen LogP contribution in [0.2, 0.25) is 0 Å². The quantitative estimate of drug-likeness (QED) is 0.832. The Labute approximate surface area is 103 Å². The number of nitrogens with one attached hydrogen (secondary N) is 1. The molecule has 0 aliphatic rings. The molecule has 0 atom stereocenters. The number of nitrogens with two attached hydrogens (primary N) is 1. The first kappa shape index (κ1) is 11.9. The zero-order valence-corrected chi connectivity index (χ0v) is 10.7. The number of thiazole rings is 1. The summed E-state index contributed by atoms with van der Waals surface area (Å²) in [6.45, 7) is 1.80. The third-order valence-corrected chi connectivity index (χ3v) is 4.35. The predicted molar refractivity (Wildman–Crippen MR) is 68.5 cm³/mol. The highest BCUT2D eigenvalue weighted by Crippen LogP contribution is 2.20. The van der Waals surface area contributed by atoms with Crippen molar-refractivity contribution in [1.29, 1.82) is 0 Å². The minimum absolute atomic E-state index is 0.130. The van der Waals surface area contributed by atoms with Crippen molar-refractivity contribution in [2.45, 2.75) is 11.8 Å². The Kier molecular flexibility index (Phi) is 3.03. The Morgan fingerprint density at radius 2 is 2.18 bits per heavy atom. The molecular weight excluding hydrogens is 258 g/mol. The number of aromatic nitrogens is 1. The maximum Gasteiger partial charge on any atom is 0.263 e. The molecule has 1 heterocycles. The monoisotopic (exact) mass is 269 g/mol. The van der Waals surface area contributed by atoms with Crippen molar-refractivity contribution >= 4 is 32.2 Å². The first-order valence-corrected chi connectivity index (χ1v) is 7.14. The van der Waals surface area contributed by atoms with E-state index in [0.29, 0.717) is 10.8 Å². The van der Waals surface area contributed by atoms with Gasteiger partial charge in [-0.15, -0.1) is 11.3 Å². The van der Waals surface area contributed by atoms with E-state index in [9.17, 15) is 8.42 Å². The van der Waals surface area contributed by atoms with Gasteiger partial charge in [0.15, 0.2) is 5.13 Å². The number of aryl methyl sites for hydroxylation is 1. The van der Waals surface area contributed by atoms with Crippen LogP contribution in [0.1, 0.15) is 5.69 Å². The van der Waals surface area contributed by atoms with E-state index in [0.717, 1.165) is 5.69 Å². The summed E-state index contributed by atoms with van der Waals surface area (Å²) in [4.78, 5) is 4.17. The van der Waals surface area contributed by atoms with Crippen molar-refractivity contribution in [3.8, 4) is 0 Å². The fraction of sp³-hybridized carbons (Fsp3) is 0.100. The van der Waals surface area contributed by atoms with Gasteiger partial charge >= 0.3 is 0 Å². The smallest absolute Gasteiger partial charge is 0.263 e. The van der Waals surface area contributed by atoms with E-state index in [2.05, 4.69) is 9.71 Å². The standard InChI is InChI=1S/C10H11N3O2S2/c1-7-6-16-10(12-7)13-17(14,15)9-4-2-3-8(11)5-9/h2-6H,11H2,1H3,(H,12,13). The molecule has 0 aliphatic carbocycles. The molecule has 0 spiro atoms. The Bertz CT molecular complexity index is 635. The molecule has 0 bridgehead atoms. The molecule has 0 saturated carbocycles. The van der Waals surface area contributed by atoms with Crippen molar-refractivity contribution in [2.24, 2.45) is 0 Å². The van der Waals surface area contributed by atoms with Crippen LogP contribution < -0.4 is 10.5 Å². The highest BCUT2D eigenvalue weighted by Gasteiger charge is 2.15. The van der Waals surface area contributed by atoms with Gasteiger partial charge < -0.3 is 5.73 Å². The van der Waals surface area contributed by atoms with Crippen LogP contribution in [0.4, 0.5) is 10.8 Å². The second-order valence-electron chi connectivity index (χ2n) is 3.47. The van der Waals surface area contributed by atoms with Gasteiger partial charge in [-0.25, -0.2) is 13.4 Å². The molecule has 3 N–H and O–H groups in total. The van der Waals surface area contributed by atoms with Crippen LogP contribution >= 0.6 is 11.3 Å². The number of rotatable bonds is 3. The van der Waals surface area contributed by atoms with Gasteiger partial charge in [-0.3, -0.25) is 4.72 Å². The second-order valence-corrected chi connectivity index (χ2v) is 6.01. The first-order chi connectivity index (χ1) is 7.97. The summed E-state index contributed by atoms with van der Waals surface area (Å²) >= 11 is 1.24. The molecule has 5 nitrogen and oxygen atoms in total. The molecule has 0 fully saturated rings. The molecule has 7 heteroatoms. The first-order valence-electron chi connectivity index (χ1n) is 4.78. The summed E-state index contributed by atoms with van der Waals surface area (Å²) in [5, 5.41) is 2.13. The molecule has 1 aromatic heterocycles. The molecule has 90 valence electrons. The Balaban J connectivity index is 2.31. The summed E-state index contributed by atoms with van der Waals surface area (Å²) in [7, 11) is -3.60. The van der Waals surface area contributed by atoms with E-state index in [-0.39, 0.29) is 4.90 Å². The Morgan fingerprint density at radius 3 is 2.76 bits per heavy atom. The highest BCUT2D eigenvalue weighted by atomic mass is 32.2. The van der Waals surface area contributed by atoms with Crippen LogP contribution in [0.15, 0.2) is 34.5 Å². The number of hydrogen-bond donors (Lipinski definition) is 2. The molecule has 0 radical (unpaired) electrons. The summed E-state index contributed by atoms with van der Waals surface area (Å²) in [6, 6.07) is 6.12. The van der Waals surface area contributed by atoms with Crippen molar-refractivity contribution < 1.29 is 8.42 Å². The second kappa shape index (κ2) is 4.34. The lowest BCUT2D eigenvalue weighted by Gasteiger charge is -2.05. The lowest BCUT2D eigenvalue weighted by Crippen LogP contribution is -2.13. The molecule has 0 saturated heterocycles. The van der Waals surface area contributed by atoms with Gasteiger partial charge in [0.25, 0.3) is 10.0 Å².